The van der Waals surface area contributed by atoms with Crippen molar-refractivity contribution in [2.24, 2.45) is 0 Å². The van der Waals surface area contributed by atoms with Crippen molar-refractivity contribution >= 4 is 6.03 Å². The van der Waals surface area contributed by atoms with Gasteiger partial charge in [-0.05, 0) is 26.2 Å². The molecule has 16 heavy (non-hydrogen) atoms. The molecule has 0 aromatic carbocycles. The van der Waals surface area contributed by atoms with Gasteiger partial charge in [-0.15, -0.1) is 6.58 Å². The lowest BCUT2D eigenvalue weighted by molar-refractivity contribution is 0.235. The topological polar surface area (TPSA) is 44.4 Å². The number of carbonyl (C=O) groups is 1. The van der Waals surface area contributed by atoms with Gasteiger partial charge >= 0.3 is 6.03 Å². The summed E-state index contributed by atoms with van der Waals surface area (Å²) in [5, 5.41) is 5.76. The second-order valence-corrected chi connectivity index (χ2v) is 4.85. The van der Waals surface area contributed by atoms with Crippen LogP contribution in [0.15, 0.2) is 12.7 Å². The van der Waals surface area contributed by atoms with Gasteiger partial charge in [-0.3, -0.25) is 4.90 Å². The number of nitrogens with zero attached hydrogens (tertiary/aromatic N) is 1. The SMILES string of the molecule is C=CCNC(=O)NC1CC(C)N(C2CC2)C1. The van der Waals surface area contributed by atoms with Gasteiger partial charge in [0.1, 0.15) is 0 Å². The number of urea groups is 1. The summed E-state index contributed by atoms with van der Waals surface area (Å²) in [4.78, 5) is 14.0. The van der Waals surface area contributed by atoms with E-state index in [9.17, 15) is 4.79 Å². The highest BCUT2D eigenvalue weighted by atomic mass is 16.2. The highest BCUT2D eigenvalue weighted by molar-refractivity contribution is 5.74. The van der Waals surface area contributed by atoms with Gasteiger partial charge in [0.2, 0.25) is 0 Å². The third-order valence-electron chi connectivity index (χ3n) is 3.38. The molecule has 2 amide bonds. The van der Waals surface area contributed by atoms with E-state index in [4.69, 9.17) is 0 Å². The van der Waals surface area contributed by atoms with Gasteiger partial charge in [-0.2, -0.15) is 0 Å². The van der Waals surface area contributed by atoms with E-state index in [1.165, 1.54) is 12.8 Å². The van der Waals surface area contributed by atoms with Crippen molar-refractivity contribution in [2.45, 2.75) is 44.3 Å². The molecule has 2 unspecified atom stereocenters. The van der Waals surface area contributed by atoms with Gasteiger partial charge in [0, 0.05) is 31.2 Å². The normalized spacial score (nSPS) is 30.1. The predicted molar refractivity (Wildman–Crippen MR) is 64.3 cm³/mol. The van der Waals surface area contributed by atoms with Crippen molar-refractivity contribution in [2.75, 3.05) is 13.1 Å². The molecule has 1 saturated heterocycles. The highest BCUT2D eigenvalue weighted by Crippen LogP contribution is 2.33. The molecule has 2 rings (SSSR count). The minimum absolute atomic E-state index is 0.0743. The fraction of sp³-hybridized carbons (Fsp3) is 0.750. The number of nitrogens with one attached hydrogen (secondary N) is 2. The Morgan fingerprint density at radius 2 is 2.31 bits per heavy atom. The molecule has 0 aromatic rings. The Hall–Kier alpha value is -1.03. The maximum atomic E-state index is 11.5. The molecule has 2 atom stereocenters. The van der Waals surface area contributed by atoms with Crippen LogP contribution in [-0.4, -0.2) is 42.1 Å². The third-order valence-corrected chi connectivity index (χ3v) is 3.38. The number of likely N-dealkylation sites (tertiary alicyclic amines) is 1. The molecule has 1 heterocycles. The Labute approximate surface area is 97.1 Å². The molecule has 1 aliphatic carbocycles. The van der Waals surface area contributed by atoms with Crippen LogP contribution in [0.4, 0.5) is 4.79 Å². The molecule has 2 fully saturated rings. The van der Waals surface area contributed by atoms with E-state index in [0.717, 1.165) is 19.0 Å². The highest BCUT2D eigenvalue weighted by Gasteiger charge is 2.38. The van der Waals surface area contributed by atoms with Crippen LogP contribution in [0.25, 0.3) is 0 Å². The number of hydrogen-bond acceptors (Lipinski definition) is 2. The first kappa shape index (κ1) is 11.5. The van der Waals surface area contributed by atoms with Crippen molar-refractivity contribution in [3.8, 4) is 0 Å². The molecule has 0 aromatic heterocycles. The lowest BCUT2D eigenvalue weighted by atomic mass is 10.2. The van der Waals surface area contributed by atoms with Crippen molar-refractivity contribution in [3.05, 3.63) is 12.7 Å². The fourth-order valence-electron chi connectivity index (χ4n) is 2.48. The van der Waals surface area contributed by atoms with Gasteiger partial charge in [0.25, 0.3) is 0 Å². The molecule has 4 nitrogen and oxygen atoms in total. The Bertz CT molecular complexity index is 275. The smallest absolute Gasteiger partial charge is 0.315 e. The van der Waals surface area contributed by atoms with Crippen molar-refractivity contribution in [1.29, 1.82) is 0 Å². The standard InChI is InChI=1S/C12H21N3O/c1-3-6-13-12(16)14-10-7-9(2)15(8-10)11-4-5-11/h3,9-11H,1,4-8H2,2H3,(H2,13,14,16). The minimum Gasteiger partial charge on any atom is -0.335 e. The van der Waals surface area contributed by atoms with E-state index >= 15 is 0 Å². The fourth-order valence-corrected chi connectivity index (χ4v) is 2.48. The van der Waals surface area contributed by atoms with Crippen molar-refractivity contribution < 1.29 is 4.79 Å². The molecule has 2 aliphatic rings. The lowest BCUT2D eigenvalue weighted by Crippen LogP contribution is -2.43. The van der Waals surface area contributed by atoms with Gasteiger partial charge in [0.15, 0.2) is 0 Å². The zero-order valence-electron chi connectivity index (χ0n) is 9.91. The van der Waals surface area contributed by atoms with Crippen LogP contribution in [0, 0.1) is 0 Å². The number of hydrogen-bond donors (Lipinski definition) is 2. The third kappa shape index (κ3) is 2.76. The average Bonchev–Trinajstić information content (AvgIpc) is 3.01. The molecule has 0 spiro atoms. The van der Waals surface area contributed by atoms with Crippen LogP contribution in [-0.2, 0) is 0 Å². The molecule has 1 aliphatic heterocycles. The van der Waals surface area contributed by atoms with E-state index in [0.29, 0.717) is 18.6 Å². The monoisotopic (exact) mass is 223 g/mol. The Morgan fingerprint density at radius 1 is 1.56 bits per heavy atom. The number of amides is 2. The van der Waals surface area contributed by atoms with Crippen molar-refractivity contribution in [3.63, 3.8) is 0 Å². The van der Waals surface area contributed by atoms with E-state index in [2.05, 4.69) is 29.0 Å². The van der Waals surface area contributed by atoms with Crippen LogP contribution >= 0.6 is 0 Å². The Kier molecular flexibility index (Phi) is 3.49. The van der Waals surface area contributed by atoms with E-state index in [1.54, 1.807) is 6.08 Å². The summed E-state index contributed by atoms with van der Waals surface area (Å²) in [6.07, 6.45) is 5.42. The predicted octanol–water partition coefficient (Wildman–Crippen LogP) is 1.10. The molecule has 1 saturated carbocycles. The van der Waals surface area contributed by atoms with E-state index in [-0.39, 0.29) is 6.03 Å². The first-order chi connectivity index (χ1) is 7.70. The second-order valence-electron chi connectivity index (χ2n) is 4.85. The van der Waals surface area contributed by atoms with Crippen LogP contribution in [0.3, 0.4) is 0 Å². The quantitative estimate of drug-likeness (QED) is 0.701. The first-order valence-electron chi connectivity index (χ1n) is 6.11. The van der Waals surface area contributed by atoms with Gasteiger partial charge in [-0.25, -0.2) is 4.79 Å². The van der Waals surface area contributed by atoms with Crippen LogP contribution in [0.2, 0.25) is 0 Å². The Morgan fingerprint density at radius 3 is 2.94 bits per heavy atom. The minimum atomic E-state index is -0.0743. The summed E-state index contributed by atoms with van der Waals surface area (Å²) in [6, 6.07) is 1.63. The van der Waals surface area contributed by atoms with Crippen LogP contribution in [0.5, 0.6) is 0 Å². The molecule has 90 valence electrons. The lowest BCUT2D eigenvalue weighted by Gasteiger charge is -2.19. The maximum absolute atomic E-state index is 11.5. The molecule has 0 radical (unpaired) electrons. The molecular formula is C12H21N3O. The summed E-state index contributed by atoms with van der Waals surface area (Å²) >= 11 is 0. The zero-order chi connectivity index (χ0) is 11.5. The number of rotatable bonds is 4. The summed E-state index contributed by atoms with van der Waals surface area (Å²) in [5.74, 6) is 0. The van der Waals surface area contributed by atoms with Crippen LogP contribution < -0.4 is 10.6 Å². The summed E-state index contributed by atoms with van der Waals surface area (Å²) < 4.78 is 0. The molecule has 0 bridgehead atoms. The maximum Gasteiger partial charge on any atom is 0.315 e. The zero-order valence-corrected chi connectivity index (χ0v) is 9.91. The summed E-state index contributed by atoms with van der Waals surface area (Å²) in [7, 11) is 0. The molecular weight excluding hydrogens is 202 g/mol. The van der Waals surface area contributed by atoms with Crippen LogP contribution in [0.1, 0.15) is 26.2 Å². The summed E-state index contributed by atoms with van der Waals surface area (Å²) in [6.45, 7) is 7.36. The molecule has 2 N–H and O–H groups in total. The van der Waals surface area contributed by atoms with Gasteiger partial charge in [0.05, 0.1) is 0 Å². The van der Waals surface area contributed by atoms with Crippen molar-refractivity contribution in [1.82, 2.24) is 15.5 Å². The van der Waals surface area contributed by atoms with E-state index in [1.807, 2.05) is 0 Å². The van der Waals surface area contributed by atoms with Gasteiger partial charge < -0.3 is 10.6 Å². The average molecular weight is 223 g/mol. The Balaban J connectivity index is 1.74. The first-order valence-corrected chi connectivity index (χ1v) is 6.11. The van der Waals surface area contributed by atoms with E-state index < -0.39 is 0 Å². The second kappa shape index (κ2) is 4.87. The number of carbonyl (C=O) groups excluding carboxylic acids is 1. The van der Waals surface area contributed by atoms with Gasteiger partial charge in [-0.1, -0.05) is 6.08 Å². The molecule has 4 heteroatoms. The largest absolute Gasteiger partial charge is 0.335 e. The summed E-state index contributed by atoms with van der Waals surface area (Å²) in [5.41, 5.74) is 0.